The van der Waals surface area contributed by atoms with Crippen molar-refractivity contribution in [1.29, 1.82) is 0 Å². The molecule has 0 fully saturated rings. The SMILES string of the molecule is CCOC(COc1ccc2c(c1)CC(C)C2)OCC. The van der Waals surface area contributed by atoms with E-state index in [9.17, 15) is 0 Å². The van der Waals surface area contributed by atoms with Crippen molar-refractivity contribution < 1.29 is 14.2 Å². The quantitative estimate of drug-likeness (QED) is 0.708. The lowest BCUT2D eigenvalue weighted by Crippen LogP contribution is -2.25. The second-order valence-corrected chi connectivity index (χ2v) is 5.10. The van der Waals surface area contributed by atoms with E-state index in [0.29, 0.717) is 19.8 Å². The summed E-state index contributed by atoms with van der Waals surface area (Å²) < 4.78 is 16.7. The van der Waals surface area contributed by atoms with Crippen molar-refractivity contribution in [3.05, 3.63) is 29.3 Å². The van der Waals surface area contributed by atoms with Crippen LogP contribution in [0.4, 0.5) is 0 Å². The molecule has 1 unspecified atom stereocenters. The van der Waals surface area contributed by atoms with Crippen LogP contribution < -0.4 is 4.74 Å². The molecule has 0 amide bonds. The predicted molar refractivity (Wildman–Crippen MR) is 75.5 cm³/mol. The van der Waals surface area contributed by atoms with E-state index in [-0.39, 0.29) is 6.29 Å². The topological polar surface area (TPSA) is 27.7 Å². The fraction of sp³-hybridized carbons (Fsp3) is 0.625. The molecule has 106 valence electrons. The Morgan fingerprint density at radius 1 is 1.11 bits per heavy atom. The fourth-order valence-electron chi connectivity index (χ4n) is 2.58. The van der Waals surface area contributed by atoms with Crippen LogP contribution in [-0.2, 0) is 22.3 Å². The molecule has 0 N–H and O–H groups in total. The molecular weight excluding hydrogens is 240 g/mol. The molecule has 2 rings (SSSR count). The zero-order chi connectivity index (χ0) is 13.7. The lowest BCUT2D eigenvalue weighted by molar-refractivity contribution is -0.152. The minimum Gasteiger partial charge on any atom is -0.488 e. The summed E-state index contributed by atoms with van der Waals surface area (Å²) in [6, 6.07) is 6.39. The van der Waals surface area contributed by atoms with Gasteiger partial charge in [0.15, 0.2) is 6.29 Å². The zero-order valence-corrected chi connectivity index (χ0v) is 12.1. The maximum atomic E-state index is 5.78. The van der Waals surface area contributed by atoms with E-state index in [2.05, 4.69) is 19.1 Å². The van der Waals surface area contributed by atoms with Crippen LogP contribution >= 0.6 is 0 Å². The Morgan fingerprint density at radius 2 is 1.79 bits per heavy atom. The van der Waals surface area contributed by atoms with Gasteiger partial charge in [0, 0.05) is 13.2 Å². The normalized spacial score (nSPS) is 17.8. The van der Waals surface area contributed by atoms with Crippen LogP contribution in [0.15, 0.2) is 18.2 Å². The fourth-order valence-corrected chi connectivity index (χ4v) is 2.58. The Balaban J connectivity index is 1.91. The summed E-state index contributed by atoms with van der Waals surface area (Å²) in [6.45, 7) is 7.92. The molecule has 0 heterocycles. The van der Waals surface area contributed by atoms with Crippen molar-refractivity contribution in [3.63, 3.8) is 0 Å². The van der Waals surface area contributed by atoms with Gasteiger partial charge in [-0.2, -0.15) is 0 Å². The maximum absolute atomic E-state index is 5.78. The molecule has 1 aliphatic rings. The maximum Gasteiger partial charge on any atom is 0.191 e. The van der Waals surface area contributed by atoms with Gasteiger partial charge in [-0.15, -0.1) is 0 Å². The van der Waals surface area contributed by atoms with Crippen LogP contribution in [0, 0.1) is 5.92 Å². The van der Waals surface area contributed by atoms with Gasteiger partial charge in [0.2, 0.25) is 0 Å². The second kappa shape index (κ2) is 6.92. The van der Waals surface area contributed by atoms with Crippen molar-refractivity contribution in [2.24, 2.45) is 5.92 Å². The third-order valence-corrected chi connectivity index (χ3v) is 3.41. The average molecular weight is 264 g/mol. The van der Waals surface area contributed by atoms with Gasteiger partial charge in [0.1, 0.15) is 12.4 Å². The van der Waals surface area contributed by atoms with Gasteiger partial charge in [-0.1, -0.05) is 13.0 Å². The van der Waals surface area contributed by atoms with Crippen LogP contribution in [0.1, 0.15) is 31.9 Å². The van der Waals surface area contributed by atoms with Crippen LogP contribution in [-0.4, -0.2) is 26.1 Å². The largest absolute Gasteiger partial charge is 0.488 e. The molecule has 0 aromatic heterocycles. The number of fused-ring (bicyclic) bond motifs is 1. The lowest BCUT2D eigenvalue weighted by atomic mass is 10.1. The summed E-state index contributed by atoms with van der Waals surface area (Å²) in [4.78, 5) is 0. The number of hydrogen-bond donors (Lipinski definition) is 0. The Bertz CT molecular complexity index is 397. The van der Waals surface area contributed by atoms with E-state index in [1.165, 1.54) is 17.5 Å². The zero-order valence-electron chi connectivity index (χ0n) is 12.1. The first kappa shape index (κ1) is 14.4. The molecule has 0 aliphatic heterocycles. The van der Waals surface area contributed by atoms with E-state index >= 15 is 0 Å². The van der Waals surface area contributed by atoms with Gasteiger partial charge < -0.3 is 14.2 Å². The molecule has 3 heteroatoms. The van der Waals surface area contributed by atoms with Crippen molar-refractivity contribution in [3.8, 4) is 5.75 Å². The van der Waals surface area contributed by atoms with E-state index in [0.717, 1.165) is 18.1 Å². The lowest BCUT2D eigenvalue weighted by Gasteiger charge is -2.17. The molecule has 3 nitrogen and oxygen atoms in total. The molecule has 1 atom stereocenters. The Kier molecular flexibility index (Phi) is 5.23. The highest BCUT2D eigenvalue weighted by atomic mass is 16.7. The van der Waals surface area contributed by atoms with Gasteiger partial charge >= 0.3 is 0 Å². The first-order valence-corrected chi connectivity index (χ1v) is 7.20. The summed E-state index contributed by atoms with van der Waals surface area (Å²) >= 11 is 0. The molecule has 0 bridgehead atoms. The standard InChI is InChI=1S/C16H24O3/c1-4-17-16(18-5-2)11-19-15-7-6-13-8-12(3)9-14(13)10-15/h6-7,10,12,16H,4-5,8-9,11H2,1-3H3. The van der Waals surface area contributed by atoms with Gasteiger partial charge in [-0.05, 0) is 55.9 Å². The first-order valence-electron chi connectivity index (χ1n) is 7.20. The Hall–Kier alpha value is -1.06. The average Bonchev–Trinajstić information content (AvgIpc) is 2.75. The van der Waals surface area contributed by atoms with Gasteiger partial charge in [-0.25, -0.2) is 0 Å². The highest BCUT2D eigenvalue weighted by molar-refractivity contribution is 5.39. The van der Waals surface area contributed by atoms with Crippen LogP contribution in [0.5, 0.6) is 5.75 Å². The molecule has 1 aliphatic carbocycles. The summed E-state index contributed by atoms with van der Waals surface area (Å²) in [5.74, 6) is 1.67. The number of ether oxygens (including phenoxy) is 3. The predicted octanol–water partition coefficient (Wildman–Crippen LogP) is 3.20. The van der Waals surface area contributed by atoms with E-state index < -0.39 is 0 Å². The summed E-state index contributed by atoms with van der Waals surface area (Å²) in [7, 11) is 0. The van der Waals surface area contributed by atoms with Crippen molar-refractivity contribution in [2.45, 2.75) is 39.9 Å². The number of benzene rings is 1. The van der Waals surface area contributed by atoms with E-state index in [1.54, 1.807) is 0 Å². The number of hydrogen-bond acceptors (Lipinski definition) is 3. The smallest absolute Gasteiger partial charge is 0.191 e. The highest BCUT2D eigenvalue weighted by Gasteiger charge is 2.18. The highest BCUT2D eigenvalue weighted by Crippen LogP contribution is 2.29. The first-order chi connectivity index (χ1) is 9.22. The summed E-state index contributed by atoms with van der Waals surface area (Å²) in [6.07, 6.45) is 2.07. The van der Waals surface area contributed by atoms with Crippen molar-refractivity contribution >= 4 is 0 Å². The van der Waals surface area contributed by atoms with Gasteiger partial charge in [0.05, 0.1) is 0 Å². The van der Waals surface area contributed by atoms with Gasteiger partial charge in [-0.3, -0.25) is 0 Å². The molecule has 0 saturated carbocycles. The minimum atomic E-state index is -0.276. The molecule has 19 heavy (non-hydrogen) atoms. The van der Waals surface area contributed by atoms with E-state index in [4.69, 9.17) is 14.2 Å². The summed E-state index contributed by atoms with van der Waals surface area (Å²) in [5, 5.41) is 0. The second-order valence-electron chi connectivity index (χ2n) is 5.10. The van der Waals surface area contributed by atoms with Gasteiger partial charge in [0.25, 0.3) is 0 Å². The van der Waals surface area contributed by atoms with Crippen molar-refractivity contribution in [1.82, 2.24) is 0 Å². The number of rotatable bonds is 7. The molecular formula is C16H24O3. The molecule has 0 radical (unpaired) electrons. The third-order valence-electron chi connectivity index (χ3n) is 3.41. The monoisotopic (exact) mass is 264 g/mol. The summed E-state index contributed by atoms with van der Waals surface area (Å²) in [5.41, 5.74) is 2.89. The molecule has 0 saturated heterocycles. The van der Waals surface area contributed by atoms with Crippen molar-refractivity contribution in [2.75, 3.05) is 19.8 Å². The Morgan fingerprint density at radius 3 is 2.47 bits per heavy atom. The molecule has 1 aromatic carbocycles. The molecule has 0 spiro atoms. The van der Waals surface area contributed by atoms with Crippen LogP contribution in [0.3, 0.4) is 0 Å². The minimum absolute atomic E-state index is 0.276. The third kappa shape index (κ3) is 3.95. The van der Waals surface area contributed by atoms with E-state index in [1.807, 2.05) is 19.9 Å². The van der Waals surface area contributed by atoms with Crippen LogP contribution in [0.25, 0.3) is 0 Å². The molecule has 1 aromatic rings. The Labute approximate surface area is 115 Å². The van der Waals surface area contributed by atoms with Crippen LogP contribution in [0.2, 0.25) is 0 Å².